The molecule has 0 bridgehead atoms. The Morgan fingerprint density at radius 2 is 1.53 bits per heavy atom. The lowest BCUT2D eigenvalue weighted by Crippen LogP contribution is -2.41. The summed E-state index contributed by atoms with van der Waals surface area (Å²) in [5.41, 5.74) is 6.08. The predicted octanol–water partition coefficient (Wildman–Crippen LogP) is 4.05. The normalized spacial score (nSPS) is 13.2. The van der Waals surface area contributed by atoms with Gasteiger partial charge < -0.3 is 10.8 Å². The second-order valence-corrected chi connectivity index (χ2v) is 5.59. The van der Waals surface area contributed by atoms with Crippen molar-refractivity contribution in [3.05, 3.63) is 0 Å². The van der Waals surface area contributed by atoms with E-state index in [9.17, 15) is 0 Å². The molecule has 0 amide bonds. The van der Waals surface area contributed by atoms with Gasteiger partial charge in [0.05, 0.1) is 0 Å². The second-order valence-electron chi connectivity index (χ2n) is 5.59. The van der Waals surface area contributed by atoms with Crippen molar-refractivity contribution in [1.29, 1.82) is 0 Å². The third-order valence-corrected chi connectivity index (χ3v) is 3.42. The molecular weight excluding hydrogens is 278 g/mol. The quantitative estimate of drug-likeness (QED) is 0.598. The van der Waals surface area contributed by atoms with Crippen LogP contribution in [0, 0.1) is 5.92 Å². The van der Waals surface area contributed by atoms with Gasteiger partial charge in [0, 0.05) is 12.1 Å². The minimum Gasteiger partial charge on any atom is -0.396 e. The smallest absolute Gasteiger partial charge is 0.0431 e. The van der Waals surface area contributed by atoms with Crippen LogP contribution in [0.1, 0.15) is 72.1 Å². The summed E-state index contributed by atoms with van der Waals surface area (Å²) in [5, 5.41) is 8.88. The SMILES string of the molecule is Br.CCCCCCCC(CCCO)C(C)(C)N. The van der Waals surface area contributed by atoms with Crippen LogP contribution in [0.15, 0.2) is 0 Å². The van der Waals surface area contributed by atoms with Crippen LogP contribution in [0.3, 0.4) is 0 Å². The lowest BCUT2D eigenvalue weighted by molar-refractivity contribution is 0.228. The van der Waals surface area contributed by atoms with Crippen LogP contribution in [-0.4, -0.2) is 17.3 Å². The lowest BCUT2D eigenvalue weighted by Gasteiger charge is -2.30. The molecule has 106 valence electrons. The van der Waals surface area contributed by atoms with Gasteiger partial charge in [0.25, 0.3) is 0 Å². The Morgan fingerprint density at radius 1 is 1.00 bits per heavy atom. The Morgan fingerprint density at radius 3 is 2.00 bits per heavy atom. The van der Waals surface area contributed by atoms with Crippen molar-refractivity contribution in [3.8, 4) is 0 Å². The van der Waals surface area contributed by atoms with Gasteiger partial charge in [-0.05, 0) is 39.0 Å². The molecule has 0 heterocycles. The molecule has 3 N–H and O–H groups in total. The molecule has 0 aliphatic carbocycles. The zero-order chi connectivity index (χ0) is 12.4. The van der Waals surface area contributed by atoms with Gasteiger partial charge in [0.2, 0.25) is 0 Å². The molecule has 0 rings (SSSR count). The van der Waals surface area contributed by atoms with Crippen molar-refractivity contribution >= 4 is 17.0 Å². The molecular formula is C14H32BrNO. The largest absolute Gasteiger partial charge is 0.396 e. The molecule has 0 aromatic rings. The molecule has 1 unspecified atom stereocenters. The van der Waals surface area contributed by atoms with Gasteiger partial charge in [-0.25, -0.2) is 0 Å². The fourth-order valence-corrected chi connectivity index (χ4v) is 2.22. The van der Waals surface area contributed by atoms with Gasteiger partial charge in [-0.2, -0.15) is 0 Å². The molecule has 0 fully saturated rings. The molecule has 17 heavy (non-hydrogen) atoms. The standard InChI is InChI=1S/C14H31NO.BrH/c1-4-5-6-7-8-10-13(11-9-12-16)14(2,3)15;/h13,16H,4-12,15H2,1-3H3;1H. The summed E-state index contributed by atoms with van der Waals surface area (Å²) in [6.45, 7) is 6.76. The fraction of sp³-hybridized carbons (Fsp3) is 1.00. The average molecular weight is 310 g/mol. The van der Waals surface area contributed by atoms with Crippen LogP contribution in [-0.2, 0) is 0 Å². The first-order valence-electron chi connectivity index (χ1n) is 6.92. The van der Waals surface area contributed by atoms with Crippen molar-refractivity contribution in [2.75, 3.05) is 6.61 Å². The first-order valence-corrected chi connectivity index (χ1v) is 6.92. The number of aliphatic hydroxyl groups is 1. The molecule has 0 saturated carbocycles. The number of unbranched alkanes of at least 4 members (excludes halogenated alkanes) is 4. The van der Waals surface area contributed by atoms with Gasteiger partial charge in [0.1, 0.15) is 0 Å². The first-order chi connectivity index (χ1) is 7.52. The second kappa shape index (κ2) is 11.5. The summed E-state index contributed by atoms with van der Waals surface area (Å²) in [4.78, 5) is 0. The predicted molar refractivity (Wildman–Crippen MR) is 81.8 cm³/mol. The van der Waals surface area contributed by atoms with E-state index in [0.29, 0.717) is 12.5 Å². The van der Waals surface area contributed by atoms with E-state index in [4.69, 9.17) is 10.8 Å². The molecule has 3 heteroatoms. The van der Waals surface area contributed by atoms with E-state index in [-0.39, 0.29) is 22.5 Å². The molecule has 0 aromatic heterocycles. The average Bonchev–Trinajstić information content (AvgIpc) is 2.20. The third-order valence-electron chi connectivity index (χ3n) is 3.42. The Balaban J connectivity index is 0. The van der Waals surface area contributed by atoms with Crippen LogP contribution in [0.4, 0.5) is 0 Å². The van der Waals surface area contributed by atoms with Gasteiger partial charge in [-0.3, -0.25) is 0 Å². The highest BCUT2D eigenvalue weighted by atomic mass is 79.9. The lowest BCUT2D eigenvalue weighted by atomic mass is 9.81. The molecule has 0 spiro atoms. The maximum Gasteiger partial charge on any atom is 0.0431 e. The number of aliphatic hydroxyl groups excluding tert-OH is 1. The Kier molecular flexibility index (Phi) is 13.3. The Hall–Kier alpha value is 0.400. The van der Waals surface area contributed by atoms with Crippen molar-refractivity contribution in [1.82, 2.24) is 0 Å². The molecule has 0 radical (unpaired) electrons. The number of rotatable bonds is 10. The van der Waals surface area contributed by atoms with Crippen molar-refractivity contribution in [2.24, 2.45) is 11.7 Å². The van der Waals surface area contributed by atoms with E-state index in [1.165, 1.54) is 38.5 Å². The number of nitrogens with two attached hydrogens (primary N) is 1. The maximum atomic E-state index is 8.88. The highest BCUT2D eigenvalue weighted by Gasteiger charge is 2.23. The summed E-state index contributed by atoms with van der Waals surface area (Å²) in [5.74, 6) is 0.557. The van der Waals surface area contributed by atoms with E-state index < -0.39 is 0 Å². The highest BCUT2D eigenvalue weighted by molar-refractivity contribution is 8.93. The van der Waals surface area contributed by atoms with Gasteiger partial charge in [-0.15, -0.1) is 17.0 Å². The van der Waals surface area contributed by atoms with Gasteiger partial charge >= 0.3 is 0 Å². The number of hydrogen-bond donors (Lipinski definition) is 2. The van der Waals surface area contributed by atoms with E-state index in [1.807, 2.05) is 0 Å². The molecule has 1 atom stereocenters. The van der Waals surface area contributed by atoms with E-state index >= 15 is 0 Å². The summed E-state index contributed by atoms with van der Waals surface area (Å²) in [6.07, 6.45) is 9.80. The maximum absolute atomic E-state index is 8.88. The third kappa shape index (κ3) is 11.2. The zero-order valence-corrected chi connectivity index (χ0v) is 13.6. The minimum absolute atomic E-state index is 0. The van der Waals surface area contributed by atoms with Crippen molar-refractivity contribution in [3.63, 3.8) is 0 Å². The Bertz CT molecular complexity index is 157. The number of halogens is 1. The van der Waals surface area contributed by atoms with Crippen LogP contribution in [0.25, 0.3) is 0 Å². The van der Waals surface area contributed by atoms with E-state index in [0.717, 1.165) is 12.8 Å². The molecule has 0 aliphatic heterocycles. The first kappa shape index (κ1) is 19.7. The molecule has 2 nitrogen and oxygen atoms in total. The van der Waals surface area contributed by atoms with Crippen LogP contribution >= 0.6 is 17.0 Å². The topological polar surface area (TPSA) is 46.2 Å². The zero-order valence-electron chi connectivity index (χ0n) is 11.9. The Labute approximate surface area is 118 Å². The van der Waals surface area contributed by atoms with Crippen molar-refractivity contribution in [2.45, 2.75) is 77.7 Å². The summed E-state index contributed by atoms with van der Waals surface area (Å²) in [7, 11) is 0. The summed E-state index contributed by atoms with van der Waals surface area (Å²) in [6, 6.07) is 0. The van der Waals surface area contributed by atoms with Crippen LogP contribution in [0.2, 0.25) is 0 Å². The van der Waals surface area contributed by atoms with Crippen LogP contribution in [0.5, 0.6) is 0 Å². The molecule has 0 aliphatic rings. The van der Waals surface area contributed by atoms with Gasteiger partial charge in [0.15, 0.2) is 0 Å². The molecule has 0 saturated heterocycles. The van der Waals surface area contributed by atoms with E-state index in [2.05, 4.69) is 20.8 Å². The highest BCUT2D eigenvalue weighted by Crippen LogP contribution is 2.25. The minimum atomic E-state index is -0.0973. The van der Waals surface area contributed by atoms with Crippen molar-refractivity contribution < 1.29 is 5.11 Å². The summed E-state index contributed by atoms with van der Waals surface area (Å²) < 4.78 is 0. The fourth-order valence-electron chi connectivity index (χ4n) is 2.22. The summed E-state index contributed by atoms with van der Waals surface area (Å²) >= 11 is 0. The van der Waals surface area contributed by atoms with Gasteiger partial charge in [-0.1, -0.05) is 39.0 Å². The monoisotopic (exact) mass is 309 g/mol. The number of hydrogen-bond acceptors (Lipinski definition) is 2. The molecule has 0 aromatic carbocycles. The van der Waals surface area contributed by atoms with E-state index in [1.54, 1.807) is 0 Å². The van der Waals surface area contributed by atoms with Crippen LogP contribution < -0.4 is 5.73 Å².